The summed E-state index contributed by atoms with van der Waals surface area (Å²) in [5.41, 5.74) is 2.13. The van der Waals surface area contributed by atoms with Crippen LogP contribution < -0.4 is 4.74 Å². The molecule has 26 heavy (non-hydrogen) atoms. The summed E-state index contributed by atoms with van der Waals surface area (Å²) in [5.74, 6) is 0.846. The SMILES string of the molecule is COc1cccc(CN(Cc2ccccc2)CC(O)COC(C)(C)C)c1. The first kappa shape index (κ1) is 20.4. The third kappa shape index (κ3) is 7.56. The minimum Gasteiger partial charge on any atom is -0.497 e. The van der Waals surface area contributed by atoms with Crippen molar-refractivity contribution < 1.29 is 14.6 Å². The molecule has 0 saturated carbocycles. The fourth-order valence-corrected chi connectivity index (χ4v) is 2.75. The summed E-state index contributed by atoms with van der Waals surface area (Å²) in [6.45, 7) is 8.37. The van der Waals surface area contributed by atoms with E-state index in [9.17, 15) is 5.11 Å². The van der Waals surface area contributed by atoms with Crippen molar-refractivity contribution in [3.63, 3.8) is 0 Å². The van der Waals surface area contributed by atoms with Crippen molar-refractivity contribution in [3.8, 4) is 5.75 Å². The largest absolute Gasteiger partial charge is 0.497 e. The van der Waals surface area contributed by atoms with Gasteiger partial charge >= 0.3 is 0 Å². The summed E-state index contributed by atoms with van der Waals surface area (Å²) in [4.78, 5) is 2.24. The molecular formula is C22H31NO3. The third-order valence-corrected chi connectivity index (χ3v) is 3.97. The zero-order valence-electron chi connectivity index (χ0n) is 16.3. The topological polar surface area (TPSA) is 41.9 Å². The van der Waals surface area contributed by atoms with E-state index >= 15 is 0 Å². The Morgan fingerprint density at radius 3 is 2.27 bits per heavy atom. The maximum absolute atomic E-state index is 10.4. The number of aliphatic hydroxyl groups is 1. The molecule has 0 spiro atoms. The maximum Gasteiger partial charge on any atom is 0.119 e. The van der Waals surface area contributed by atoms with Gasteiger partial charge in [-0.15, -0.1) is 0 Å². The first-order valence-corrected chi connectivity index (χ1v) is 9.07. The highest BCUT2D eigenvalue weighted by Gasteiger charge is 2.17. The van der Waals surface area contributed by atoms with Crippen LogP contribution in [0.5, 0.6) is 5.75 Å². The number of nitrogens with zero attached hydrogens (tertiary/aromatic N) is 1. The predicted molar refractivity (Wildman–Crippen MR) is 105 cm³/mol. The highest BCUT2D eigenvalue weighted by Crippen LogP contribution is 2.17. The van der Waals surface area contributed by atoms with Crippen LogP contribution in [0.1, 0.15) is 31.9 Å². The molecule has 1 unspecified atom stereocenters. The van der Waals surface area contributed by atoms with Crippen LogP contribution in [0.2, 0.25) is 0 Å². The van der Waals surface area contributed by atoms with Crippen LogP contribution in [0.3, 0.4) is 0 Å². The molecule has 2 aromatic carbocycles. The summed E-state index contributed by atoms with van der Waals surface area (Å²) in [6, 6.07) is 18.4. The second kappa shape index (κ2) is 9.72. The number of hydrogen-bond acceptors (Lipinski definition) is 4. The molecule has 1 N–H and O–H groups in total. The molecule has 2 rings (SSSR count). The van der Waals surface area contributed by atoms with Gasteiger partial charge in [-0.2, -0.15) is 0 Å². The molecule has 1 atom stereocenters. The molecular weight excluding hydrogens is 326 g/mol. The minimum absolute atomic E-state index is 0.252. The van der Waals surface area contributed by atoms with E-state index in [0.29, 0.717) is 13.2 Å². The van der Waals surface area contributed by atoms with Crippen LogP contribution in [0.4, 0.5) is 0 Å². The Balaban J connectivity index is 2.05. The number of ether oxygens (including phenoxy) is 2. The lowest BCUT2D eigenvalue weighted by Gasteiger charge is -2.27. The molecule has 0 heterocycles. The van der Waals surface area contributed by atoms with E-state index in [2.05, 4.69) is 23.1 Å². The molecule has 142 valence electrons. The van der Waals surface area contributed by atoms with Crippen molar-refractivity contribution in [2.45, 2.75) is 45.6 Å². The quantitative estimate of drug-likeness (QED) is 0.740. The number of rotatable bonds is 9. The predicted octanol–water partition coefficient (Wildman–Crippen LogP) is 3.87. The monoisotopic (exact) mass is 357 g/mol. The Labute approximate surface area is 157 Å². The highest BCUT2D eigenvalue weighted by atomic mass is 16.5. The lowest BCUT2D eigenvalue weighted by Crippen LogP contribution is -2.36. The van der Waals surface area contributed by atoms with Crippen molar-refractivity contribution >= 4 is 0 Å². The van der Waals surface area contributed by atoms with Gasteiger partial charge in [0.1, 0.15) is 5.75 Å². The van der Waals surface area contributed by atoms with Crippen LogP contribution in [0.15, 0.2) is 54.6 Å². The molecule has 0 saturated heterocycles. The van der Waals surface area contributed by atoms with Gasteiger partial charge in [0.05, 0.1) is 25.4 Å². The van der Waals surface area contributed by atoms with E-state index in [4.69, 9.17) is 9.47 Å². The number of hydrogen-bond donors (Lipinski definition) is 1. The van der Waals surface area contributed by atoms with E-state index in [0.717, 1.165) is 24.4 Å². The van der Waals surface area contributed by atoms with E-state index in [1.165, 1.54) is 5.56 Å². The van der Waals surface area contributed by atoms with Gasteiger partial charge in [-0.3, -0.25) is 4.90 Å². The Kier molecular flexibility index (Phi) is 7.64. The van der Waals surface area contributed by atoms with Crippen LogP contribution >= 0.6 is 0 Å². The second-order valence-electron chi connectivity index (χ2n) is 7.58. The van der Waals surface area contributed by atoms with Gasteiger partial charge < -0.3 is 14.6 Å². The molecule has 0 aliphatic heterocycles. The second-order valence-corrected chi connectivity index (χ2v) is 7.58. The molecule has 0 aliphatic rings. The van der Waals surface area contributed by atoms with Gasteiger partial charge in [0.15, 0.2) is 0 Å². The van der Waals surface area contributed by atoms with Gasteiger partial charge in [-0.25, -0.2) is 0 Å². The molecule has 0 aliphatic carbocycles. The van der Waals surface area contributed by atoms with Crippen LogP contribution in [-0.2, 0) is 17.8 Å². The lowest BCUT2D eigenvalue weighted by atomic mass is 10.1. The molecule has 2 aromatic rings. The van der Waals surface area contributed by atoms with E-state index in [1.54, 1.807) is 7.11 Å². The Bertz CT molecular complexity index is 652. The zero-order chi connectivity index (χ0) is 19.0. The average molecular weight is 357 g/mol. The van der Waals surface area contributed by atoms with Crippen molar-refractivity contribution in [1.82, 2.24) is 4.90 Å². The van der Waals surface area contributed by atoms with Crippen LogP contribution in [0, 0.1) is 0 Å². The van der Waals surface area contributed by atoms with E-state index in [-0.39, 0.29) is 5.60 Å². The fourth-order valence-electron chi connectivity index (χ4n) is 2.75. The summed E-state index contributed by atoms with van der Waals surface area (Å²) < 4.78 is 11.1. The summed E-state index contributed by atoms with van der Waals surface area (Å²) in [5, 5.41) is 10.4. The fraction of sp³-hybridized carbons (Fsp3) is 0.455. The molecule has 0 bridgehead atoms. The Hall–Kier alpha value is -1.88. The molecule has 0 aromatic heterocycles. The Morgan fingerprint density at radius 2 is 1.62 bits per heavy atom. The number of benzene rings is 2. The first-order valence-electron chi connectivity index (χ1n) is 9.07. The van der Waals surface area contributed by atoms with Gasteiger partial charge in [-0.05, 0) is 44.0 Å². The van der Waals surface area contributed by atoms with E-state index in [1.807, 2.05) is 57.2 Å². The molecule has 0 radical (unpaired) electrons. The van der Waals surface area contributed by atoms with Crippen molar-refractivity contribution in [2.75, 3.05) is 20.3 Å². The number of aliphatic hydroxyl groups excluding tert-OH is 1. The zero-order valence-corrected chi connectivity index (χ0v) is 16.3. The van der Waals surface area contributed by atoms with Gasteiger partial charge in [0, 0.05) is 19.6 Å². The molecule has 0 fully saturated rings. The minimum atomic E-state index is -0.538. The van der Waals surface area contributed by atoms with Crippen molar-refractivity contribution in [2.24, 2.45) is 0 Å². The van der Waals surface area contributed by atoms with Gasteiger partial charge in [-0.1, -0.05) is 42.5 Å². The van der Waals surface area contributed by atoms with Crippen molar-refractivity contribution in [3.05, 3.63) is 65.7 Å². The van der Waals surface area contributed by atoms with E-state index < -0.39 is 6.10 Å². The van der Waals surface area contributed by atoms with Gasteiger partial charge in [0.2, 0.25) is 0 Å². The lowest BCUT2D eigenvalue weighted by molar-refractivity contribution is -0.0572. The smallest absolute Gasteiger partial charge is 0.119 e. The summed E-state index contributed by atoms with van der Waals surface area (Å²) in [6.07, 6.45) is -0.538. The summed E-state index contributed by atoms with van der Waals surface area (Å²) >= 11 is 0. The molecule has 4 heteroatoms. The van der Waals surface area contributed by atoms with Crippen LogP contribution in [0.25, 0.3) is 0 Å². The standard InChI is InChI=1S/C22H31NO3/c1-22(2,3)26-17-20(24)16-23(14-18-9-6-5-7-10-18)15-19-11-8-12-21(13-19)25-4/h5-13,20,24H,14-17H2,1-4H3. The van der Waals surface area contributed by atoms with Crippen LogP contribution in [-0.4, -0.2) is 42.0 Å². The average Bonchev–Trinajstić information content (AvgIpc) is 2.60. The van der Waals surface area contributed by atoms with Gasteiger partial charge in [0.25, 0.3) is 0 Å². The number of methoxy groups -OCH3 is 1. The van der Waals surface area contributed by atoms with Crippen molar-refractivity contribution in [1.29, 1.82) is 0 Å². The molecule has 4 nitrogen and oxygen atoms in total. The highest BCUT2D eigenvalue weighted by molar-refractivity contribution is 5.28. The third-order valence-electron chi connectivity index (χ3n) is 3.97. The maximum atomic E-state index is 10.4. The first-order chi connectivity index (χ1) is 12.4. The normalized spacial score (nSPS) is 13.0. The Morgan fingerprint density at radius 1 is 0.962 bits per heavy atom. The summed E-state index contributed by atoms with van der Waals surface area (Å²) in [7, 11) is 1.68. The molecule has 0 amide bonds.